The molecule has 1 aliphatic rings. The lowest BCUT2D eigenvalue weighted by atomic mass is 10.2. The van der Waals surface area contributed by atoms with Crippen LogP contribution in [0, 0.1) is 6.92 Å². The average Bonchev–Trinajstić information content (AvgIpc) is 2.93. The number of amides is 1. The first-order valence-corrected chi connectivity index (χ1v) is 7.29. The molecule has 1 aromatic rings. The molecule has 1 unspecified atom stereocenters. The summed E-state index contributed by atoms with van der Waals surface area (Å²) in [6.45, 7) is 3.01. The van der Waals surface area contributed by atoms with Gasteiger partial charge in [0.15, 0.2) is 0 Å². The monoisotopic (exact) mass is 291 g/mol. The van der Waals surface area contributed by atoms with Gasteiger partial charge < -0.3 is 14.7 Å². The molecular weight excluding hydrogens is 270 g/mol. The van der Waals surface area contributed by atoms with Crippen LogP contribution in [0.5, 0.6) is 5.75 Å². The molecule has 1 heterocycles. The molecular formula is C16H21NO4. The molecule has 1 N–H and O–H groups in total. The van der Waals surface area contributed by atoms with Gasteiger partial charge in [0.1, 0.15) is 11.8 Å². The van der Waals surface area contributed by atoms with Crippen LogP contribution in [0.2, 0.25) is 0 Å². The molecule has 0 spiro atoms. The highest BCUT2D eigenvalue weighted by Gasteiger charge is 2.33. The highest BCUT2D eigenvalue weighted by atomic mass is 16.5. The second kappa shape index (κ2) is 7.11. The first-order valence-electron chi connectivity index (χ1n) is 7.29. The highest BCUT2D eigenvalue weighted by molar-refractivity contribution is 5.84. The number of hydrogen-bond acceptors (Lipinski definition) is 3. The van der Waals surface area contributed by atoms with Gasteiger partial charge in [0, 0.05) is 13.0 Å². The Morgan fingerprint density at radius 3 is 2.95 bits per heavy atom. The molecule has 0 aromatic heterocycles. The Labute approximate surface area is 124 Å². The number of aliphatic carboxylic acids is 1. The van der Waals surface area contributed by atoms with Gasteiger partial charge in [-0.1, -0.05) is 12.1 Å². The number of carboxylic acids is 1. The number of likely N-dealkylation sites (tertiary alicyclic amines) is 1. The van der Waals surface area contributed by atoms with Crippen molar-refractivity contribution in [3.63, 3.8) is 0 Å². The van der Waals surface area contributed by atoms with Gasteiger partial charge in [-0.15, -0.1) is 0 Å². The van der Waals surface area contributed by atoms with Crippen molar-refractivity contribution in [3.8, 4) is 5.75 Å². The van der Waals surface area contributed by atoms with Crippen molar-refractivity contribution in [2.45, 2.75) is 38.6 Å². The SMILES string of the molecule is Cc1cccc(OCCCC(=O)N2CCCC2C(=O)O)c1. The summed E-state index contributed by atoms with van der Waals surface area (Å²) in [5, 5.41) is 9.06. The fourth-order valence-corrected chi connectivity index (χ4v) is 2.58. The maximum atomic E-state index is 12.0. The molecule has 0 saturated carbocycles. The van der Waals surface area contributed by atoms with Crippen LogP contribution >= 0.6 is 0 Å². The molecule has 114 valence electrons. The average molecular weight is 291 g/mol. The van der Waals surface area contributed by atoms with Gasteiger partial charge in [-0.25, -0.2) is 4.79 Å². The molecule has 0 radical (unpaired) electrons. The summed E-state index contributed by atoms with van der Waals surface area (Å²) in [4.78, 5) is 24.6. The number of rotatable bonds is 6. The normalized spacial score (nSPS) is 17.8. The third-order valence-corrected chi connectivity index (χ3v) is 3.65. The van der Waals surface area contributed by atoms with E-state index in [1.807, 2.05) is 31.2 Å². The summed E-state index contributed by atoms with van der Waals surface area (Å²) in [5.41, 5.74) is 1.13. The molecule has 1 amide bonds. The molecule has 0 bridgehead atoms. The smallest absolute Gasteiger partial charge is 0.326 e. The van der Waals surface area contributed by atoms with Crippen molar-refractivity contribution in [1.29, 1.82) is 0 Å². The van der Waals surface area contributed by atoms with Crippen LogP contribution in [-0.4, -0.2) is 41.1 Å². The Morgan fingerprint density at radius 2 is 2.24 bits per heavy atom. The minimum atomic E-state index is -0.906. The predicted octanol–water partition coefficient (Wildman–Crippen LogP) is 2.23. The fraction of sp³-hybridized carbons (Fsp3) is 0.500. The number of ether oxygens (including phenoxy) is 1. The van der Waals surface area contributed by atoms with Crippen molar-refractivity contribution in [2.75, 3.05) is 13.2 Å². The Kier molecular flexibility index (Phi) is 5.20. The molecule has 2 rings (SSSR count). The minimum Gasteiger partial charge on any atom is -0.494 e. The molecule has 1 fully saturated rings. The summed E-state index contributed by atoms with van der Waals surface area (Å²) >= 11 is 0. The van der Waals surface area contributed by atoms with Crippen LogP contribution in [0.3, 0.4) is 0 Å². The van der Waals surface area contributed by atoms with Crippen molar-refractivity contribution in [3.05, 3.63) is 29.8 Å². The van der Waals surface area contributed by atoms with E-state index in [4.69, 9.17) is 9.84 Å². The third kappa shape index (κ3) is 4.21. The van der Waals surface area contributed by atoms with Gasteiger partial charge in [0.25, 0.3) is 0 Å². The van der Waals surface area contributed by atoms with Crippen molar-refractivity contribution in [2.24, 2.45) is 0 Å². The lowest BCUT2D eigenvalue weighted by molar-refractivity contribution is -0.148. The summed E-state index contributed by atoms with van der Waals surface area (Å²) in [5.74, 6) is -0.198. The Hall–Kier alpha value is -2.04. The van der Waals surface area contributed by atoms with Crippen LogP contribution in [0.15, 0.2) is 24.3 Å². The standard InChI is InChI=1S/C16H21NO4/c1-12-5-2-6-13(11-12)21-10-4-8-15(18)17-9-3-7-14(17)16(19)20/h2,5-6,11,14H,3-4,7-10H2,1H3,(H,19,20). The molecule has 1 saturated heterocycles. The third-order valence-electron chi connectivity index (χ3n) is 3.65. The van der Waals surface area contributed by atoms with Gasteiger partial charge in [-0.3, -0.25) is 4.79 Å². The van der Waals surface area contributed by atoms with E-state index in [2.05, 4.69) is 0 Å². The van der Waals surface area contributed by atoms with E-state index in [1.165, 1.54) is 4.90 Å². The summed E-state index contributed by atoms with van der Waals surface area (Å²) < 4.78 is 5.59. The van der Waals surface area contributed by atoms with E-state index in [-0.39, 0.29) is 5.91 Å². The molecule has 5 nitrogen and oxygen atoms in total. The lowest BCUT2D eigenvalue weighted by Gasteiger charge is -2.21. The van der Waals surface area contributed by atoms with Crippen molar-refractivity contribution >= 4 is 11.9 Å². The molecule has 0 aliphatic carbocycles. The highest BCUT2D eigenvalue weighted by Crippen LogP contribution is 2.19. The van der Waals surface area contributed by atoms with Gasteiger partial charge >= 0.3 is 5.97 Å². The Balaban J connectivity index is 1.73. The second-order valence-electron chi connectivity index (χ2n) is 5.35. The number of carbonyl (C=O) groups is 2. The zero-order chi connectivity index (χ0) is 15.2. The van der Waals surface area contributed by atoms with Crippen molar-refractivity contribution in [1.82, 2.24) is 4.90 Å². The van der Waals surface area contributed by atoms with Crippen molar-refractivity contribution < 1.29 is 19.4 Å². The van der Waals surface area contributed by atoms with Crippen LogP contribution < -0.4 is 4.74 Å². The van der Waals surface area contributed by atoms with Gasteiger partial charge in [-0.05, 0) is 43.9 Å². The number of nitrogens with zero attached hydrogens (tertiary/aromatic N) is 1. The predicted molar refractivity (Wildman–Crippen MR) is 78.3 cm³/mol. The quantitative estimate of drug-likeness (QED) is 0.816. The molecule has 5 heteroatoms. The first-order chi connectivity index (χ1) is 10.1. The topological polar surface area (TPSA) is 66.8 Å². The number of carboxylic acid groups (broad SMARTS) is 1. The fourth-order valence-electron chi connectivity index (χ4n) is 2.58. The minimum absolute atomic E-state index is 0.0901. The number of hydrogen-bond donors (Lipinski definition) is 1. The summed E-state index contributed by atoms with van der Waals surface area (Å²) in [6, 6.07) is 7.11. The Bertz CT molecular complexity index is 515. The number of aryl methyl sites for hydroxylation is 1. The molecule has 1 atom stereocenters. The first kappa shape index (κ1) is 15.4. The lowest BCUT2D eigenvalue weighted by Crippen LogP contribution is -2.40. The van der Waals surface area contributed by atoms with Crippen LogP contribution in [0.1, 0.15) is 31.2 Å². The summed E-state index contributed by atoms with van der Waals surface area (Å²) in [6.07, 6.45) is 2.24. The summed E-state index contributed by atoms with van der Waals surface area (Å²) in [7, 11) is 0. The van der Waals surface area contributed by atoms with Crippen LogP contribution in [-0.2, 0) is 9.59 Å². The van der Waals surface area contributed by atoms with E-state index >= 15 is 0 Å². The van der Waals surface area contributed by atoms with E-state index in [1.54, 1.807) is 0 Å². The number of benzene rings is 1. The molecule has 1 aromatic carbocycles. The van der Waals surface area contributed by atoms with E-state index < -0.39 is 12.0 Å². The molecule has 21 heavy (non-hydrogen) atoms. The van der Waals surface area contributed by atoms with E-state index in [0.29, 0.717) is 32.4 Å². The maximum absolute atomic E-state index is 12.0. The molecule has 1 aliphatic heterocycles. The largest absolute Gasteiger partial charge is 0.494 e. The zero-order valence-corrected chi connectivity index (χ0v) is 12.2. The second-order valence-corrected chi connectivity index (χ2v) is 5.35. The van der Waals surface area contributed by atoms with Gasteiger partial charge in [-0.2, -0.15) is 0 Å². The van der Waals surface area contributed by atoms with Crippen LogP contribution in [0.25, 0.3) is 0 Å². The maximum Gasteiger partial charge on any atom is 0.326 e. The van der Waals surface area contributed by atoms with E-state index in [9.17, 15) is 9.59 Å². The van der Waals surface area contributed by atoms with Gasteiger partial charge in [0.05, 0.1) is 6.61 Å². The zero-order valence-electron chi connectivity index (χ0n) is 12.2. The Morgan fingerprint density at radius 1 is 1.43 bits per heavy atom. The number of carbonyl (C=O) groups excluding carboxylic acids is 1. The van der Waals surface area contributed by atoms with Gasteiger partial charge in [0.2, 0.25) is 5.91 Å². The van der Waals surface area contributed by atoms with Crippen LogP contribution in [0.4, 0.5) is 0 Å². The van der Waals surface area contributed by atoms with E-state index in [0.717, 1.165) is 17.7 Å².